The topological polar surface area (TPSA) is 197 Å². The number of rotatable bonds is 21. The fraction of sp³-hybridized carbons (Fsp3) is 0.500. The average Bonchev–Trinajstić information content (AvgIpc) is 3.83. The summed E-state index contributed by atoms with van der Waals surface area (Å²) in [6.07, 6.45) is -3.67. The highest BCUT2D eigenvalue weighted by atomic mass is 32.2. The van der Waals surface area contributed by atoms with Gasteiger partial charge in [-0.15, -0.1) is 0 Å². The standard InChI is InChI=1S/C40H54N3O13PS/c1-6-51-38(45)28(4)55-57(47,56-31-10-8-7-9-11-31)32-16-12-29(13-17-32)22-41-23-35(42-40(46)54-37-26-53-39-34(37)20-21-52-39)36(44)25-43(24-27(2)3)58(48,49)33-18-14-30(50-5)15-19-33/h7-19,27-28,34-37,39,41,44H,6,20-26H2,1-5H3,(H,42,46)/t28-,34-,35-,36+,37-,39+,57?/m0/s1. The van der Waals surface area contributed by atoms with Crippen LogP contribution in [0.3, 0.4) is 0 Å². The fourth-order valence-electron chi connectivity index (χ4n) is 6.50. The summed E-state index contributed by atoms with van der Waals surface area (Å²) in [6.45, 7) is 7.61. The molecule has 0 saturated carbocycles. The van der Waals surface area contributed by atoms with E-state index in [1.54, 1.807) is 73.7 Å². The van der Waals surface area contributed by atoms with Crippen molar-refractivity contribution in [3.05, 3.63) is 84.4 Å². The summed E-state index contributed by atoms with van der Waals surface area (Å²) in [5.74, 6) is -0.114. The van der Waals surface area contributed by atoms with Crippen molar-refractivity contribution in [2.24, 2.45) is 11.8 Å². The van der Waals surface area contributed by atoms with Crippen LogP contribution in [0.15, 0.2) is 83.8 Å². The van der Waals surface area contributed by atoms with Crippen LogP contribution in [0.5, 0.6) is 11.5 Å². The Labute approximate surface area is 340 Å². The molecule has 2 aliphatic heterocycles. The molecule has 2 saturated heterocycles. The number of hydrogen-bond acceptors (Lipinski definition) is 14. The molecule has 318 valence electrons. The molecular formula is C40H54N3O13PS. The summed E-state index contributed by atoms with van der Waals surface area (Å²) in [5.41, 5.74) is 0.725. The van der Waals surface area contributed by atoms with Gasteiger partial charge in [-0.1, -0.05) is 44.2 Å². The van der Waals surface area contributed by atoms with Crippen molar-refractivity contribution in [1.29, 1.82) is 0 Å². The lowest BCUT2D eigenvalue weighted by molar-refractivity contribution is -0.150. The predicted octanol–water partition coefficient (Wildman–Crippen LogP) is 4.21. The van der Waals surface area contributed by atoms with Crippen LogP contribution in [0.25, 0.3) is 0 Å². The molecule has 5 rings (SSSR count). The minimum atomic E-state index is -4.09. The molecule has 3 aromatic rings. The zero-order chi connectivity index (χ0) is 41.9. The zero-order valence-corrected chi connectivity index (χ0v) is 35.1. The molecule has 2 heterocycles. The Morgan fingerprint density at radius 2 is 1.67 bits per heavy atom. The second-order valence-corrected chi connectivity index (χ2v) is 18.2. The van der Waals surface area contributed by atoms with E-state index in [2.05, 4.69) is 10.6 Å². The number of para-hydroxylation sites is 1. The van der Waals surface area contributed by atoms with Gasteiger partial charge in [-0.25, -0.2) is 22.6 Å². The molecule has 3 aromatic carbocycles. The highest BCUT2D eigenvalue weighted by molar-refractivity contribution is 7.89. The van der Waals surface area contributed by atoms with E-state index < -0.39 is 60.3 Å². The Balaban J connectivity index is 1.31. The van der Waals surface area contributed by atoms with Crippen LogP contribution in [0, 0.1) is 11.8 Å². The Hall–Kier alpha value is -4.06. The molecule has 0 radical (unpaired) electrons. The first-order valence-corrected chi connectivity index (χ1v) is 22.2. The summed E-state index contributed by atoms with van der Waals surface area (Å²) >= 11 is 0. The van der Waals surface area contributed by atoms with Gasteiger partial charge in [-0.3, -0.25) is 4.52 Å². The molecule has 0 aliphatic carbocycles. The van der Waals surface area contributed by atoms with E-state index in [0.29, 0.717) is 18.8 Å². The van der Waals surface area contributed by atoms with Crippen molar-refractivity contribution in [3.8, 4) is 11.5 Å². The van der Waals surface area contributed by atoms with E-state index in [-0.39, 0.29) is 67.2 Å². The van der Waals surface area contributed by atoms with Crippen molar-refractivity contribution >= 4 is 35.0 Å². The van der Waals surface area contributed by atoms with E-state index in [9.17, 15) is 27.7 Å². The highest BCUT2D eigenvalue weighted by Crippen LogP contribution is 2.48. The number of hydrogen-bond donors (Lipinski definition) is 3. The molecule has 2 fully saturated rings. The number of nitrogens with one attached hydrogen (secondary N) is 2. The Morgan fingerprint density at radius 3 is 2.33 bits per heavy atom. The van der Waals surface area contributed by atoms with Crippen molar-refractivity contribution in [3.63, 3.8) is 0 Å². The predicted molar refractivity (Wildman–Crippen MR) is 213 cm³/mol. The summed E-state index contributed by atoms with van der Waals surface area (Å²) in [7, 11) is -6.68. The van der Waals surface area contributed by atoms with E-state index in [4.69, 9.17) is 32.7 Å². The van der Waals surface area contributed by atoms with Crippen LogP contribution in [0.1, 0.15) is 39.7 Å². The third-order valence-electron chi connectivity index (χ3n) is 9.50. The van der Waals surface area contributed by atoms with Crippen molar-refractivity contribution in [1.82, 2.24) is 14.9 Å². The SMILES string of the molecule is CCOC(=O)[C@H](C)OP(=O)(Oc1ccccc1)c1ccc(CNC[C@H](NC(=O)O[C@H]2CO[C@H]3OCC[C@H]32)[C@H](O)CN(CC(C)C)S(=O)(=O)c2ccc(OC)cc2)cc1. The molecule has 18 heteroatoms. The van der Waals surface area contributed by atoms with Gasteiger partial charge in [0.15, 0.2) is 12.4 Å². The number of benzene rings is 3. The summed E-state index contributed by atoms with van der Waals surface area (Å²) < 4.78 is 81.9. The van der Waals surface area contributed by atoms with Crippen molar-refractivity contribution in [2.45, 2.75) is 76.2 Å². The van der Waals surface area contributed by atoms with E-state index in [0.717, 1.165) is 5.56 Å². The molecule has 16 nitrogen and oxygen atoms in total. The number of aliphatic hydroxyl groups is 1. The lowest BCUT2D eigenvalue weighted by atomic mass is 10.0. The maximum absolute atomic E-state index is 14.2. The molecule has 58 heavy (non-hydrogen) atoms. The van der Waals surface area contributed by atoms with Crippen LogP contribution in [0.4, 0.5) is 4.79 Å². The average molecular weight is 848 g/mol. The highest BCUT2D eigenvalue weighted by Gasteiger charge is 2.44. The quantitative estimate of drug-likeness (QED) is 0.102. The van der Waals surface area contributed by atoms with Crippen molar-refractivity contribution in [2.75, 3.05) is 46.6 Å². The summed E-state index contributed by atoms with van der Waals surface area (Å²) in [4.78, 5) is 25.7. The number of aliphatic hydroxyl groups excluding tert-OH is 1. The molecular weight excluding hydrogens is 793 g/mol. The molecule has 1 amide bonds. The first-order valence-electron chi connectivity index (χ1n) is 19.2. The van der Waals surface area contributed by atoms with Crippen LogP contribution in [-0.2, 0) is 49.4 Å². The van der Waals surface area contributed by atoms with Gasteiger partial charge in [0.2, 0.25) is 10.0 Å². The number of fused-ring (bicyclic) bond motifs is 1. The van der Waals surface area contributed by atoms with Crippen LogP contribution in [0.2, 0.25) is 0 Å². The number of amides is 1. The minimum Gasteiger partial charge on any atom is -0.497 e. The van der Waals surface area contributed by atoms with Gasteiger partial charge in [0, 0.05) is 26.2 Å². The number of carbonyl (C=O) groups is 2. The summed E-state index contributed by atoms with van der Waals surface area (Å²) in [6, 6.07) is 19.9. The monoisotopic (exact) mass is 847 g/mol. The molecule has 7 atom stereocenters. The van der Waals surface area contributed by atoms with Crippen LogP contribution < -0.4 is 25.2 Å². The van der Waals surface area contributed by atoms with Gasteiger partial charge >= 0.3 is 19.7 Å². The third-order valence-corrected chi connectivity index (χ3v) is 13.3. The number of alkyl carbamates (subject to hydrolysis) is 1. The number of sulfonamides is 1. The van der Waals surface area contributed by atoms with Gasteiger partial charge in [0.05, 0.1) is 55.2 Å². The number of esters is 1. The van der Waals surface area contributed by atoms with Crippen molar-refractivity contribution < 1.29 is 60.4 Å². The minimum absolute atomic E-state index is 0.00221. The van der Waals surface area contributed by atoms with Crippen LogP contribution in [-0.4, -0.2) is 107 Å². The Morgan fingerprint density at radius 1 is 0.966 bits per heavy atom. The number of methoxy groups -OCH3 is 1. The number of ether oxygens (including phenoxy) is 5. The molecule has 3 N–H and O–H groups in total. The zero-order valence-electron chi connectivity index (χ0n) is 33.4. The maximum Gasteiger partial charge on any atom is 0.411 e. The first kappa shape index (κ1) is 45.0. The Bertz CT molecular complexity index is 1940. The van der Waals surface area contributed by atoms with E-state index >= 15 is 0 Å². The maximum atomic E-state index is 14.2. The summed E-state index contributed by atoms with van der Waals surface area (Å²) in [5, 5.41) is 17.8. The van der Waals surface area contributed by atoms with E-state index in [1.807, 2.05) is 13.8 Å². The lowest BCUT2D eigenvalue weighted by Gasteiger charge is -2.31. The van der Waals surface area contributed by atoms with Crippen LogP contribution >= 0.6 is 7.60 Å². The van der Waals surface area contributed by atoms with Gasteiger partial charge in [0.1, 0.15) is 17.6 Å². The Kier molecular flexibility index (Phi) is 16.1. The normalized spacial score (nSPS) is 20.4. The second kappa shape index (κ2) is 20.8. The fourth-order valence-corrected chi connectivity index (χ4v) is 9.81. The molecule has 0 spiro atoms. The molecule has 0 aromatic heterocycles. The van der Waals surface area contributed by atoms with Gasteiger partial charge in [-0.2, -0.15) is 4.31 Å². The number of carbonyl (C=O) groups excluding carboxylic acids is 2. The van der Waals surface area contributed by atoms with Gasteiger partial charge in [0.25, 0.3) is 0 Å². The van der Waals surface area contributed by atoms with E-state index in [1.165, 1.54) is 30.5 Å². The second-order valence-electron chi connectivity index (χ2n) is 14.4. The third kappa shape index (κ3) is 12.0. The lowest BCUT2D eigenvalue weighted by Crippen LogP contribution is -2.54. The molecule has 1 unspecified atom stereocenters. The molecule has 2 aliphatic rings. The van der Waals surface area contributed by atoms with Gasteiger partial charge in [-0.05, 0) is 80.3 Å². The van der Waals surface area contributed by atoms with Gasteiger partial charge < -0.3 is 43.9 Å². The molecule has 0 bridgehead atoms. The number of nitrogens with zero attached hydrogens (tertiary/aromatic N) is 1. The first-order chi connectivity index (χ1) is 27.7. The smallest absolute Gasteiger partial charge is 0.411 e. The largest absolute Gasteiger partial charge is 0.497 e.